The van der Waals surface area contributed by atoms with Crippen LogP contribution in [-0.2, 0) is 0 Å². The van der Waals surface area contributed by atoms with Crippen molar-refractivity contribution in [2.45, 2.75) is 19.4 Å². The molecule has 3 N–H and O–H groups in total. The molecule has 0 aliphatic rings. The van der Waals surface area contributed by atoms with Crippen molar-refractivity contribution in [3.8, 4) is 11.3 Å². The summed E-state index contributed by atoms with van der Waals surface area (Å²) in [5.41, 5.74) is 2.59. The van der Waals surface area contributed by atoms with Crippen molar-refractivity contribution in [1.29, 1.82) is 0 Å². The van der Waals surface area contributed by atoms with Crippen LogP contribution in [0.3, 0.4) is 0 Å². The lowest BCUT2D eigenvalue weighted by Gasteiger charge is -2.13. The van der Waals surface area contributed by atoms with Gasteiger partial charge in [0, 0.05) is 22.6 Å². The highest BCUT2D eigenvalue weighted by Crippen LogP contribution is 2.27. The average Bonchev–Trinajstić information content (AvgIpc) is 3.05. The van der Waals surface area contributed by atoms with Gasteiger partial charge in [-0.1, -0.05) is 19.1 Å². The van der Waals surface area contributed by atoms with Crippen molar-refractivity contribution >= 4 is 16.7 Å². The number of hydrogen-bond acceptors (Lipinski definition) is 4. The molecule has 3 aromatic rings. The molecular formula is C19H20FN3O2. The van der Waals surface area contributed by atoms with E-state index in [-0.39, 0.29) is 30.8 Å². The first-order valence-corrected chi connectivity index (χ1v) is 8.24. The molecular weight excluding hydrogens is 321 g/mol. The minimum absolute atomic E-state index is 0.00569. The van der Waals surface area contributed by atoms with Crippen LogP contribution < -0.4 is 5.32 Å². The van der Waals surface area contributed by atoms with Gasteiger partial charge < -0.3 is 10.4 Å². The van der Waals surface area contributed by atoms with Crippen LogP contribution in [0.4, 0.5) is 4.39 Å². The summed E-state index contributed by atoms with van der Waals surface area (Å²) >= 11 is 0. The SMILES string of the molecule is CCC(CO)NCC(=O)c1ccc2[nH]nc(-c3cccc(F)c3)c2c1. The fourth-order valence-electron chi connectivity index (χ4n) is 2.72. The fraction of sp³-hybridized carbons (Fsp3) is 0.263. The molecule has 25 heavy (non-hydrogen) atoms. The Morgan fingerprint density at radius 2 is 2.16 bits per heavy atom. The zero-order chi connectivity index (χ0) is 17.8. The van der Waals surface area contributed by atoms with Gasteiger partial charge in [-0.3, -0.25) is 9.89 Å². The van der Waals surface area contributed by atoms with E-state index in [1.165, 1.54) is 12.1 Å². The zero-order valence-corrected chi connectivity index (χ0v) is 13.9. The van der Waals surface area contributed by atoms with E-state index in [0.717, 1.165) is 17.3 Å². The first kappa shape index (κ1) is 17.3. The number of rotatable bonds is 7. The molecule has 5 nitrogen and oxygen atoms in total. The normalized spacial score (nSPS) is 12.4. The number of nitrogens with zero attached hydrogens (tertiary/aromatic N) is 1. The molecule has 0 amide bonds. The van der Waals surface area contributed by atoms with Crippen molar-refractivity contribution in [2.24, 2.45) is 0 Å². The standard InChI is InChI=1S/C19H20FN3O2/c1-2-15(11-24)21-10-18(25)12-6-7-17-16(9-12)19(23-22-17)13-4-3-5-14(20)8-13/h3-9,15,21,24H,2,10-11H2,1H3,(H,22,23). The van der Waals surface area contributed by atoms with Crippen molar-refractivity contribution < 1.29 is 14.3 Å². The number of hydrogen-bond donors (Lipinski definition) is 3. The third-order valence-electron chi connectivity index (χ3n) is 4.25. The molecule has 0 bridgehead atoms. The molecule has 1 unspecified atom stereocenters. The van der Waals surface area contributed by atoms with Gasteiger partial charge in [0.15, 0.2) is 5.78 Å². The van der Waals surface area contributed by atoms with Crippen LogP contribution in [0.1, 0.15) is 23.7 Å². The molecule has 0 radical (unpaired) electrons. The molecule has 0 aliphatic heterocycles. The van der Waals surface area contributed by atoms with Crippen LogP contribution in [0.15, 0.2) is 42.5 Å². The van der Waals surface area contributed by atoms with Crippen LogP contribution in [0, 0.1) is 5.82 Å². The highest BCUT2D eigenvalue weighted by atomic mass is 19.1. The van der Waals surface area contributed by atoms with Crippen LogP contribution in [0.2, 0.25) is 0 Å². The van der Waals surface area contributed by atoms with E-state index < -0.39 is 0 Å². The molecule has 0 saturated heterocycles. The number of halogens is 1. The molecule has 1 aromatic heterocycles. The lowest BCUT2D eigenvalue weighted by atomic mass is 10.0. The van der Waals surface area contributed by atoms with Gasteiger partial charge in [-0.05, 0) is 36.8 Å². The number of aromatic nitrogens is 2. The number of carbonyl (C=O) groups is 1. The maximum atomic E-state index is 13.5. The predicted octanol–water partition coefficient (Wildman–Crippen LogP) is 2.91. The molecule has 6 heteroatoms. The van der Waals surface area contributed by atoms with Gasteiger partial charge in [0.05, 0.1) is 18.7 Å². The number of benzene rings is 2. The molecule has 0 fully saturated rings. The number of Topliss-reactive ketones (excluding diaryl/α,β-unsaturated/α-hetero) is 1. The second-order valence-corrected chi connectivity index (χ2v) is 5.93. The number of ketones is 1. The van der Waals surface area contributed by atoms with E-state index in [0.29, 0.717) is 16.8 Å². The fourth-order valence-corrected chi connectivity index (χ4v) is 2.72. The van der Waals surface area contributed by atoms with E-state index in [2.05, 4.69) is 15.5 Å². The zero-order valence-electron chi connectivity index (χ0n) is 13.9. The maximum absolute atomic E-state index is 13.5. The molecule has 0 saturated carbocycles. The number of aliphatic hydroxyl groups excluding tert-OH is 1. The average molecular weight is 341 g/mol. The van der Waals surface area contributed by atoms with E-state index in [4.69, 9.17) is 0 Å². The van der Waals surface area contributed by atoms with Gasteiger partial charge in [-0.25, -0.2) is 4.39 Å². The number of aromatic amines is 1. The second-order valence-electron chi connectivity index (χ2n) is 5.93. The Hall–Kier alpha value is -2.57. The molecule has 1 heterocycles. The Kier molecular flexibility index (Phi) is 5.21. The summed E-state index contributed by atoms with van der Waals surface area (Å²) in [4.78, 5) is 12.4. The number of fused-ring (bicyclic) bond motifs is 1. The summed E-state index contributed by atoms with van der Waals surface area (Å²) in [6, 6.07) is 11.4. The van der Waals surface area contributed by atoms with Crippen LogP contribution >= 0.6 is 0 Å². The van der Waals surface area contributed by atoms with Crippen molar-refractivity contribution in [3.05, 3.63) is 53.8 Å². The monoisotopic (exact) mass is 341 g/mol. The molecule has 2 aromatic carbocycles. The lowest BCUT2D eigenvalue weighted by molar-refractivity contribution is 0.0982. The third kappa shape index (κ3) is 3.75. The summed E-state index contributed by atoms with van der Waals surface area (Å²) in [6.45, 7) is 2.09. The van der Waals surface area contributed by atoms with E-state index in [1.54, 1.807) is 30.3 Å². The summed E-state index contributed by atoms with van der Waals surface area (Å²) in [5, 5.41) is 20.2. The van der Waals surface area contributed by atoms with Gasteiger partial charge in [0.25, 0.3) is 0 Å². The Morgan fingerprint density at radius 1 is 1.32 bits per heavy atom. The smallest absolute Gasteiger partial charge is 0.176 e. The number of carbonyl (C=O) groups excluding carboxylic acids is 1. The van der Waals surface area contributed by atoms with E-state index >= 15 is 0 Å². The number of H-pyrrole nitrogens is 1. The first-order chi connectivity index (χ1) is 12.1. The number of aliphatic hydroxyl groups is 1. The summed E-state index contributed by atoms with van der Waals surface area (Å²) < 4.78 is 13.5. The predicted molar refractivity (Wildman–Crippen MR) is 95.0 cm³/mol. The summed E-state index contributed by atoms with van der Waals surface area (Å²) in [5.74, 6) is -0.403. The summed E-state index contributed by atoms with van der Waals surface area (Å²) in [6.07, 6.45) is 0.744. The molecule has 0 spiro atoms. The molecule has 0 aliphatic carbocycles. The van der Waals surface area contributed by atoms with Gasteiger partial charge >= 0.3 is 0 Å². The Balaban J connectivity index is 1.89. The minimum atomic E-state index is -0.334. The van der Waals surface area contributed by atoms with Crippen LogP contribution in [0.25, 0.3) is 22.2 Å². The van der Waals surface area contributed by atoms with Gasteiger partial charge in [-0.2, -0.15) is 5.10 Å². The van der Waals surface area contributed by atoms with Gasteiger partial charge in [-0.15, -0.1) is 0 Å². The molecule has 1 atom stereocenters. The van der Waals surface area contributed by atoms with Crippen LogP contribution in [-0.4, -0.2) is 40.3 Å². The minimum Gasteiger partial charge on any atom is -0.395 e. The van der Waals surface area contributed by atoms with E-state index in [1.807, 2.05) is 6.92 Å². The van der Waals surface area contributed by atoms with Crippen molar-refractivity contribution in [3.63, 3.8) is 0 Å². The second kappa shape index (κ2) is 7.55. The van der Waals surface area contributed by atoms with E-state index in [9.17, 15) is 14.3 Å². The highest BCUT2D eigenvalue weighted by molar-refractivity contribution is 6.03. The molecule has 130 valence electrons. The Morgan fingerprint density at radius 3 is 2.88 bits per heavy atom. The topological polar surface area (TPSA) is 78.0 Å². The van der Waals surface area contributed by atoms with Gasteiger partial charge in [0.2, 0.25) is 0 Å². The number of nitrogens with one attached hydrogen (secondary N) is 2. The Bertz CT molecular complexity index is 887. The van der Waals surface area contributed by atoms with Crippen molar-refractivity contribution in [2.75, 3.05) is 13.2 Å². The van der Waals surface area contributed by atoms with Gasteiger partial charge in [0.1, 0.15) is 11.5 Å². The largest absolute Gasteiger partial charge is 0.395 e. The third-order valence-corrected chi connectivity index (χ3v) is 4.25. The molecule has 3 rings (SSSR count). The Labute approximate surface area is 144 Å². The summed E-state index contributed by atoms with van der Waals surface area (Å²) in [7, 11) is 0. The maximum Gasteiger partial charge on any atom is 0.176 e. The lowest BCUT2D eigenvalue weighted by Crippen LogP contribution is -2.35. The van der Waals surface area contributed by atoms with Crippen molar-refractivity contribution in [1.82, 2.24) is 15.5 Å². The first-order valence-electron chi connectivity index (χ1n) is 8.24. The quantitative estimate of drug-likeness (QED) is 0.578. The van der Waals surface area contributed by atoms with Crippen LogP contribution in [0.5, 0.6) is 0 Å². The highest BCUT2D eigenvalue weighted by Gasteiger charge is 2.14.